The van der Waals surface area contributed by atoms with Gasteiger partial charge in [-0.3, -0.25) is 4.79 Å². The van der Waals surface area contributed by atoms with Gasteiger partial charge in [-0.15, -0.1) is 0 Å². The van der Waals surface area contributed by atoms with E-state index in [1.165, 1.54) is 0 Å². The van der Waals surface area contributed by atoms with E-state index in [1.54, 1.807) is 0 Å². The van der Waals surface area contributed by atoms with Gasteiger partial charge < -0.3 is 15.4 Å². The normalized spacial score (nSPS) is 31.1. The summed E-state index contributed by atoms with van der Waals surface area (Å²) in [5.74, 6) is 0.165. The largest absolute Gasteiger partial charge is 0.444 e. The molecule has 5 heteroatoms. The number of nitrogens with one attached hydrogen (secondary N) is 2. The van der Waals surface area contributed by atoms with Gasteiger partial charge in [-0.2, -0.15) is 0 Å². The number of hydrogen-bond acceptors (Lipinski definition) is 3. The molecule has 0 atom stereocenters. The summed E-state index contributed by atoms with van der Waals surface area (Å²) in [4.78, 5) is 23.0. The van der Waals surface area contributed by atoms with Crippen molar-refractivity contribution in [2.75, 3.05) is 6.54 Å². The van der Waals surface area contributed by atoms with E-state index in [2.05, 4.69) is 10.6 Å². The van der Waals surface area contributed by atoms with Crippen molar-refractivity contribution in [2.24, 2.45) is 5.41 Å². The molecule has 0 bridgehead atoms. The van der Waals surface area contributed by atoms with Gasteiger partial charge in [0.25, 0.3) is 0 Å². The van der Waals surface area contributed by atoms with Crippen LogP contribution < -0.4 is 10.6 Å². The van der Waals surface area contributed by atoms with E-state index in [9.17, 15) is 9.59 Å². The third kappa shape index (κ3) is 3.85. The first-order valence-corrected chi connectivity index (χ1v) is 7.04. The molecule has 5 nitrogen and oxygen atoms in total. The Kier molecular flexibility index (Phi) is 3.74. The summed E-state index contributed by atoms with van der Waals surface area (Å²) in [5, 5.41) is 5.84. The lowest BCUT2D eigenvalue weighted by molar-refractivity contribution is -0.119. The molecule has 1 aliphatic carbocycles. The molecule has 2 aliphatic rings. The lowest BCUT2D eigenvalue weighted by atomic mass is 9.72. The maximum atomic E-state index is 11.7. The molecule has 1 aliphatic heterocycles. The average molecular weight is 268 g/mol. The maximum absolute atomic E-state index is 11.7. The van der Waals surface area contributed by atoms with E-state index in [4.69, 9.17) is 4.74 Å². The molecule has 1 saturated carbocycles. The standard InChI is InChI=1S/C14H24N2O3/c1-13(2,3)19-12(18)16-10-4-6-14(7-5-10)8-11(17)15-9-14/h10H,4-9H2,1-3H3,(H,15,17)(H,16,18). The summed E-state index contributed by atoms with van der Waals surface area (Å²) in [5.41, 5.74) is -0.315. The molecule has 1 heterocycles. The predicted molar refractivity (Wildman–Crippen MR) is 71.7 cm³/mol. The van der Waals surface area contributed by atoms with Gasteiger partial charge >= 0.3 is 6.09 Å². The van der Waals surface area contributed by atoms with E-state index >= 15 is 0 Å². The molecule has 1 saturated heterocycles. The molecule has 108 valence electrons. The fraction of sp³-hybridized carbons (Fsp3) is 0.857. The number of amides is 2. The van der Waals surface area contributed by atoms with Crippen molar-refractivity contribution in [1.82, 2.24) is 10.6 Å². The SMILES string of the molecule is CC(C)(C)OC(=O)NC1CCC2(CC1)CNC(=O)C2. The molecule has 0 aromatic heterocycles. The second-order valence-corrected chi connectivity index (χ2v) is 6.87. The van der Waals surface area contributed by atoms with Crippen molar-refractivity contribution >= 4 is 12.0 Å². The van der Waals surface area contributed by atoms with Crippen molar-refractivity contribution in [3.05, 3.63) is 0 Å². The van der Waals surface area contributed by atoms with Crippen LogP contribution in [0, 0.1) is 5.41 Å². The molecule has 2 fully saturated rings. The van der Waals surface area contributed by atoms with Gasteiger partial charge in [0.1, 0.15) is 5.60 Å². The number of alkyl carbamates (subject to hydrolysis) is 1. The Morgan fingerprint density at radius 1 is 1.37 bits per heavy atom. The Labute approximate surface area is 114 Å². The van der Waals surface area contributed by atoms with E-state index in [0.29, 0.717) is 6.42 Å². The Hall–Kier alpha value is -1.26. The molecule has 2 N–H and O–H groups in total. The highest BCUT2D eigenvalue weighted by Crippen LogP contribution is 2.41. The predicted octanol–water partition coefficient (Wildman–Crippen LogP) is 1.96. The highest BCUT2D eigenvalue weighted by atomic mass is 16.6. The van der Waals surface area contributed by atoms with Crippen LogP contribution in [-0.4, -0.2) is 30.2 Å². The Morgan fingerprint density at radius 3 is 2.47 bits per heavy atom. The quantitative estimate of drug-likeness (QED) is 0.764. The summed E-state index contributed by atoms with van der Waals surface area (Å²) in [7, 11) is 0. The number of hydrogen-bond donors (Lipinski definition) is 2. The Balaban J connectivity index is 1.78. The third-order valence-electron chi connectivity index (χ3n) is 3.96. The molecular formula is C14H24N2O3. The van der Waals surface area contributed by atoms with Crippen molar-refractivity contribution < 1.29 is 14.3 Å². The van der Waals surface area contributed by atoms with Gasteiger partial charge in [0, 0.05) is 19.0 Å². The van der Waals surface area contributed by atoms with Gasteiger partial charge in [-0.25, -0.2) is 4.79 Å². The zero-order valence-electron chi connectivity index (χ0n) is 12.0. The fourth-order valence-corrected chi connectivity index (χ4v) is 2.95. The van der Waals surface area contributed by atoms with E-state index in [-0.39, 0.29) is 23.5 Å². The minimum atomic E-state index is -0.457. The molecule has 0 radical (unpaired) electrons. The van der Waals surface area contributed by atoms with Crippen LogP contribution in [0.15, 0.2) is 0 Å². The minimum absolute atomic E-state index is 0.142. The number of rotatable bonds is 1. The third-order valence-corrected chi connectivity index (χ3v) is 3.96. The van der Waals surface area contributed by atoms with Crippen molar-refractivity contribution in [1.29, 1.82) is 0 Å². The zero-order valence-corrected chi connectivity index (χ0v) is 12.0. The van der Waals surface area contributed by atoms with E-state index in [1.807, 2.05) is 20.8 Å². The summed E-state index contributed by atoms with van der Waals surface area (Å²) in [6, 6.07) is 0.177. The van der Waals surface area contributed by atoms with Gasteiger partial charge in [0.2, 0.25) is 5.91 Å². The van der Waals surface area contributed by atoms with Crippen LogP contribution in [0.4, 0.5) is 4.79 Å². The van der Waals surface area contributed by atoms with Crippen LogP contribution in [0.2, 0.25) is 0 Å². The molecule has 2 rings (SSSR count). The maximum Gasteiger partial charge on any atom is 0.407 e. The average Bonchev–Trinajstić information content (AvgIpc) is 2.61. The van der Waals surface area contributed by atoms with Crippen LogP contribution in [0.3, 0.4) is 0 Å². The molecule has 2 amide bonds. The lowest BCUT2D eigenvalue weighted by Gasteiger charge is -2.36. The van der Waals surface area contributed by atoms with Crippen LogP contribution >= 0.6 is 0 Å². The van der Waals surface area contributed by atoms with Gasteiger partial charge in [-0.1, -0.05) is 0 Å². The number of carbonyl (C=O) groups is 2. The van der Waals surface area contributed by atoms with Crippen LogP contribution in [0.5, 0.6) is 0 Å². The lowest BCUT2D eigenvalue weighted by Crippen LogP contribution is -2.43. The highest BCUT2D eigenvalue weighted by molar-refractivity contribution is 5.79. The van der Waals surface area contributed by atoms with Crippen molar-refractivity contribution in [3.8, 4) is 0 Å². The van der Waals surface area contributed by atoms with Crippen molar-refractivity contribution in [3.63, 3.8) is 0 Å². The van der Waals surface area contributed by atoms with Gasteiger partial charge in [-0.05, 0) is 51.9 Å². The highest BCUT2D eigenvalue weighted by Gasteiger charge is 2.41. The molecular weight excluding hydrogens is 244 g/mol. The minimum Gasteiger partial charge on any atom is -0.444 e. The summed E-state index contributed by atoms with van der Waals surface area (Å²) in [6.45, 7) is 6.37. The smallest absolute Gasteiger partial charge is 0.407 e. The Bertz CT molecular complexity index is 365. The first kappa shape index (κ1) is 14.2. The first-order chi connectivity index (χ1) is 8.78. The number of ether oxygens (including phenoxy) is 1. The molecule has 19 heavy (non-hydrogen) atoms. The molecule has 0 aromatic carbocycles. The van der Waals surface area contributed by atoms with Gasteiger partial charge in [0.15, 0.2) is 0 Å². The zero-order chi connectivity index (χ0) is 14.1. The molecule has 0 aromatic rings. The van der Waals surface area contributed by atoms with Crippen LogP contribution in [-0.2, 0) is 9.53 Å². The Morgan fingerprint density at radius 2 is 2.00 bits per heavy atom. The summed E-state index contributed by atoms with van der Waals surface area (Å²) < 4.78 is 5.26. The molecule has 0 unspecified atom stereocenters. The second-order valence-electron chi connectivity index (χ2n) is 6.87. The van der Waals surface area contributed by atoms with Gasteiger partial charge in [0.05, 0.1) is 0 Å². The fourth-order valence-electron chi connectivity index (χ4n) is 2.95. The van der Waals surface area contributed by atoms with E-state index < -0.39 is 5.60 Å². The van der Waals surface area contributed by atoms with E-state index in [0.717, 1.165) is 32.2 Å². The van der Waals surface area contributed by atoms with Crippen LogP contribution in [0.1, 0.15) is 52.9 Å². The van der Waals surface area contributed by atoms with Crippen molar-refractivity contribution in [2.45, 2.75) is 64.5 Å². The first-order valence-electron chi connectivity index (χ1n) is 7.04. The number of carbonyl (C=O) groups excluding carboxylic acids is 2. The topological polar surface area (TPSA) is 67.4 Å². The summed E-state index contributed by atoms with van der Waals surface area (Å²) in [6.07, 6.45) is 4.14. The summed E-state index contributed by atoms with van der Waals surface area (Å²) >= 11 is 0. The van der Waals surface area contributed by atoms with Crippen LogP contribution in [0.25, 0.3) is 0 Å². The molecule has 1 spiro atoms. The second kappa shape index (κ2) is 5.02. The monoisotopic (exact) mass is 268 g/mol.